The standard InChI is InChI=1S/C14H17F3N2O3S/c1-23(21,22)19(8-12(20)18-9-4-2-3-5-9)11-7-6-10(15)13(16)14(11)17/h6-7,9H,2-5,8H2,1H3,(H,18,20). The van der Waals surface area contributed by atoms with Gasteiger partial charge in [0, 0.05) is 6.04 Å². The van der Waals surface area contributed by atoms with Crippen molar-refractivity contribution in [3.63, 3.8) is 0 Å². The minimum absolute atomic E-state index is 0.0429. The molecule has 2 rings (SSSR count). The summed E-state index contributed by atoms with van der Waals surface area (Å²) in [4.78, 5) is 12.0. The Morgan fingerprint density at radius 1 is 1.22 bits per heavy atom. The summed E-state index contributed by atoms with van der Waals surface area (Å²) in [5.41, 5.74) is -0.701. The molecule has 1 amide bonds. The van der Waals surface area contributed by atoms with E-state index >= 15 is 0 Å². The van der Waals surface area contributed by atoms with E-state index in [0.717, 1.165) is 38.0 Å². The second-order valence-corrected chi connectivity index (χ2v) is 7.42. The minimum Gasteiger partial charge on any atom is -0.352 e. The van der Waals surface area contributed by atoms with Gasteiger partial charge in [0.1, 0.15) is 6.54 Å². The number of hydrogen-bond acceptors (Lipinski definition) is 3. The summed E-state index contributed by atoms with van der Waals surface area (Å²) in [6.07, 6.45) is 4.29. The van der Waals surface area contributed by atoms with Gasteiger partial charge in [0.05, 0.1) is 11.9 Å². The smallest absolute Gasteiger partial charge is 0.240 e. The van der Waals surface area contributed by atoms with Gasteiger partial charge in [-0.3, -0.25) is 9.10 Å². The van der Waals surface area contributed by atoms with Crippen LogP contribution < -0.4 is 9.62 Å². The largest absolute Gasteiger partial charge is 0.352 e. The molecule has 1 saturated carbocycles. The molecular formula is C14H17F3N2O3S. The van der Waals surface area contributed by atoms with Gasteiger partial charge in [-0.15, -0.1) is 0 Å². The van der Waals surface area contributed by atoms with Crippen molar-refractivity contribution in [2.24, 2.45) is 0 Å². The Hall–Kier alpha value is -1.77. The molecule has 5 nitrogen and oxygen atoms in total. The van der Waals surface area contributed by atoms with Gasteiger partial charge < -0.3 is 5.32 Å². The Morgan fingerprint density at radius 2 is 1.83 bits per heavy atom. The lowest BCUT2D eigenvalue weighted by Gasteiger charge is -2.23. The van der Waals surface area contributed by atoms with Gasteiger partial charge in [0.25, 0.3) is 0 Å². The molecule has 128 valence electrons. The van der Waals surface area contributed by atoms with E-state index in [4.69, 9.17) is 0 Å². The fourth-order valence-electron chi connectivity index (χ4n) is 2.56. The highest BCUT2D eigenvalue weighted by molar-refractivity contribution is 7.92. The first-order chi connectivity index (χ1) is 10.7. The van der Waals surface area contributed by atoms with E-state index in [1.807, 2.05) is 0 Å². The van der Waals surface area contributed by atoms with Crippen LogP contribution in [0.3, 0.4) is 0 Å². The number of nitrogens with one attached hydrogen (secondary N) is 1. The van der Waals surface area contributed by atoms with Crippen molar-refractivity contribution in [2.75, 3.05) is 17.1 Å². The maximum Gasteiger partial charge on any atom is 0.240 e. The summed E-state index contributed by atoms with van der Waals surface area (Å²) in [5, 5.41) is 2.66. The van der Waals surface area contributed by atoms with Crippen LogP contribution in [-0.4, -0.2) is 33.2 Å². The summed E-state index contributed by atoms with van der Waals surface area (Å²) in [6.45, 7) is -0.697. The van der Waals surface area contributed by atoms with Gasteiger partial charge in [-0.1, -0.05) is 12.8 Å². The second-order valence-electron chi connectivity index (χ2n) is 5.51. The Morgan fingerprint density at radius 3 is 2.39 bits per heavy atom. The SMILES string of the molecule is CS(=O)(=O)N(CC(=O)NC1CCCC1)c1ccc(F)c(F)c1F. The van der Waals surface area contributed by atoms with Crippen molar-refractivity contribution in [1.29, 1.82) is 0 Å². The number of benzene rings is 1. The summed E-state index contributed by atoms with van der Waals surface area (Å²) in [7, 11) is -4.06. The second kappa shape index (κ2) is 6.77. The molecule has 1 aliphatic carbocycles. The molecular weight excluding hydrogens is 333 g/mol. The molecule has 1 aromatic rings. The third-order valence-electron chi connectivity index (χ3n) is 3.69. The van der Waals surface area contributed by atoms with E-state index in [-0.39, 0.29) is 6.04 Å². The molecule has 0 bridgehead atoms. The maximum atomic E-state index is 13.8. The zero-order valence-corrected chi connectivity index (χ0v) is 13.3. The first kappa shape index (κ1) is 17.6. The topological polar surface area (TPSA) is 66.5 Å². The summed E-state index contributed by atoms with van der Waals surface area (Å²) < 4.78 is 64.2. The molecule has 9 heteroatoms. The van der Waals surface area contributed by atoms with E-state index in [2.05, 4.69) is 5.32 Å². The van der Waals surface area contributed by atoms with E-state index in [0.29, 0.717) is 10.4 Å². The van der Waals surface area contributed by atoms with Crippen molar-refractivity contribution in [2.45, 2.75) is 31.7 Å². The first-order valence-electron chi connectivity index (χ1n) is 7.10. The molecule has 0 aliphatic heterocycles. The van der Waals surface area contributed by atoms with Gasteiger partial charge >= 0.3 is 0 Å². The van der Waals surface area contributed by atoms with Gasteiger partial charge in [-0.05, 0) is 25.0 Å². The van der Waals surface area contributed by atoms with Crippen molar-refractivity contribution in [3.8, 4) is 0 Å². The number of rotatable bonds is 5. The highest BCUT2D eigenvalue weighted by Crippen LogP contribution is 2.25. The van der Waals surface area contributed by atoms with Crippen molar-refractivity contribution >= 4 is 21.6 Å². The zero-order valence-electron chi connectivity index (χ0n) is 12.5. The van der Waals surface area contributed by atoms with Crippen LogP contribution in [0.4, 0.5) is 18.9 Å². The van der Waals surface area contributed by atoms with Crippen molar-refractivity contribution < 1.29 is 26.4 Å². The average Bonchev–Trinajstić information content (AvgIpc) is 2.95. The Labute approximate surface area is 132 Å². The van der Waals surface area contributed by atoms with Crippen LogP contribution in [0.25, 0.3) is 0 Å². The van der Waals surface area contributed by atoms with Crippen LogP contribution in [0.2, 0.25) is 0 Å². The quantitative estimate of drug-likeness (QED) is 0.825. The molecule has 1 aromatic carbocycles. The van der Waals surface area contributed by atoms with E-state index in [1.165, 1.54) is 0 Å². The minimum atomic E-state index is -4.06. The molecule has 1 N–H and O–H groups in total. The number of carbonyl (C=O) groups is 1. The molecule has 0 heterocycles. The predicted molar refractivity (Wildman–Crippen MR) is 78.9 cm³/mol. The maximum absolute atomic E-state index is 13.8. The molecule has 0 spiro atoms. The normalized spacial score (nSPS) is 15.7. The van der Waals surface area contributed by atoms with Gasteiger partial charge in [-0.2, -0.15) is 0 Å². The summed E-state index contributed by atoms with van der Waals surface area (Å²) in [5.74, 6) is -5.49. The third kappa shape index (κ3) is 4.15. The van der Waals surface area contributed by atoms with Crippen LogP contribution >= 0.6 is 0 Å². The monoisotopic (exact) mass is 350 g/mol. The molecule has 0 saturated heterocycles. The molecule has 23 heavy (non-hydrogen) atoms. The highest BCUT2D eigenvalue weighted by Gasteiger charge is 2.27. The van der Waals surface area contributed by atoms with Crippen LogP contribution in [0.1, 0.15) is 25.7 Å². The first-order valence-corrected chi connectivity index (χ1v) is 8.95. The van der Waals surface area contributed by atoms with Gasteiger partial charge in [0.15, 0.2) is 17.5 Å². The average molecular weight is 350 g/mol. The van der Waals surface area contributed by atoms with Crippen LogP contribution in [-0.2, 0) is 14.8 Å². The van der Waals surface area contributed by atoms with Crippen LogP contribution in [0.5, 0.6) is 0 Å². The molecule has 1 fully saturated rings. The molecule has 0 radical (unpaired) electrons. The number of halogens is 3. The number of nitrogens with zero attached hydrogens (tertiary/aromatic N) is 1. The molecule has 0 atom stereocenters. The Balaban J connectivity index is 2.24. The highest BCUT2D eigenvalue weighted by atomic mass is 32.2. The van der Waals surface area contributed by atoms with Gasteiger partial charge in [-0.25, -0.2) is 21.6 Å². The van der Waals surface area contributed by atoms with Gasteiger partial charge in [0.2, 0.25) is 15.9 Å². The summed E-state index contributed by atoms with van der Waals surface area (Å²) in [6, 6.07) is 1.36. The fourth-order valence-corrected chi connectivity index (χ4v) is 3.41. The number of anilines is 1. The molecule has 0 unspecified atom stereocenters. The van der Waals surface area contributed by atoms with E-state index in [9.17, 15) is 26.4 Å². The zero-order chi connectivity index (χ0) is 17.2. The molecule has 0 aromatic heterocycles. The van der Waals surface area contributed by atoms with E-state index < -0.39 is 45.6 Å². The number of amides is 1. The predicted octanol–water partition coefficient (Wildman–Crippen LogP) is 1.93. The number of hydrogen-bond donors (Lipinski definition) is 1. The lowest BCUT2D eigenvalue weighted by atomic mass is 10.2. The Bertz CT molecular complexity index is 703. The lowest BCUT2D eigenvalue weighted by Crippen LogP contribution is -2.43. The van der Waals surface area contributed by atoms with E-state index in [1.54, 1.807) is 0 Å². The van der Waals surface area contributed by atoms with Crippen molar-refractivity contribution in [3.05, 3.63) is 29.6 Å². The third-order valence-corrected chi connectivity index (χ3v) is 4.82. The number of sulfonamides is 1. The van der Waals surface area contributed by atoms with Crippen LogP contribution in [0, 0.1) is 17.5 Å². The number of carbonyl (C=O) groups excluding carboxylic acids is 1. The molecule has 1 aliphatic rings. The lowest BCUT2D eigenvalue weighted by molar-refractivity contribution is -0.120. The van der Waals surface area contributed by atoms with Crippen LogP contribution in [0.15, 0.2) is 12.1 Å². The van der Waals surface area contributed by atoms with Crippen molar-refractivity contribution in [1.82, 2.24) is 5.32 Å². The fraction of sp³-hybridized carbons (Fsp3) is 0.500. The Kier molecular flexibility index (Phi) is 5.18. The summed E-state index contributed by atoms with van der Waals surface area (Å²) >= 11 is 0.